The normalized spacial score (nSPS) is 20.8. The first kappa shape index (κ1) is 20.8. The Morgan fingerprint density at radius 3 is 2.27 bits per heavy atom. The average molecular weight is 402 g/mol. The van der Waals surface area contributed by atoms with Gasteiger partial charge >= 0.3 is 0 Å². The van der Waals surface area contributed by atoms with E-state index in [1.165, 1.54) is 4.31 Å². The summed E-state index contributed by atoms with van der Waals surface area (Å²) in [6, 6.07) is 6.51. The molecular weight excluding hydrogens is 378 g/mol. The molecule has 1 unspecified atom stereocenters. The maximum absolute atomic E-state index is 12.6. The number of rotatable bonds is 6. The number of carbonyl (C=O) groups excluding carboxylic acids is 2. The number of nitrogens with zero attached hydrogens (tertiary/aromatic N) is 2. The lowest BCUT2D eigenvalue weighted by Gasteiger charge is -2.34. The smallest absolute Gasteiger partial charge is 0.261 e. The van der Waals surface area contributed by atoms with Crippen LogP contribution >= 0.6 is 12.4 Å². The van der Waals surface area contributed by atoms with Crippen molar-refractivity contribution in [1.82, 2.24) is 9.21 Å². The summed E-state index contributed by atoms with van der Waals surface area (Å²) in [7, 11) is -3.43. The summed E-state index contributed by atoms with van der Waals surface area (Å²) in [6.07, 6.45) is 2.84. The molecule has 0 saturated carbocycles. The van der Waals surface area contributed by atoms with E-state index in [1.54, 1.807) is 24.3 Å². The molecule has 1 aromatic rings. The molecule has 2 amide bonds. The van der Waals surface area contributed by atoms with Gasteiger partial charge in [-0.25, -0.2) is 8.42 Å². The Balaban J connectivity index is 0.00000243. The van der Waals surface area contributed by atoms with Gasteiger partial charge in [0, 0.05) is 25.7 Å². The van der Waals surface area contributed by atoms with E-state index in [-0.39, 0.29) is 49.0 Å². The van der Waals surface area contributed by atoms with E-state index in [0.29, 0.717) is 24.2 Å². The Morgan fingerprint density at radius 1 is 1.08 bits per heavy atom. The fourth-order valence-electron chi connectivity index (χ4n) is 3.54. The van der Waals surface area contributed by atoms with Crippen molar-refractivity contribution in [3.63, 3.8) is 0 Å². The number of hydrogen-bond acceptors (Lipinski definition) is 5. The fraction of sp³-hybridized carbons (Fsp3) is 0.529. The summed E-state index contributed by atoms with van der Waals surface area (Å²) in [4.78, 5) is 25.7. The van der Waals surface area contributed by atoms with Crippen molar-refractivity contribution in [3.8, 4) is 0 Å². The third-order valence-corrected chi connectivity index (χ3v) is 6.86. The maximum Gasteiger partial charge on any atom is 0.261 e. The first-order chi connectivity index (χ1) is 12.0. The SMILES string of the molecule is Cl.NCC1CCCCN1S(=O)(=O)CCCN1C(=O)c2ccccc2C1=O. The Labute approximate surface area is 160 Å². The number of halogens is 1. The van der Waals surface area contributed by atoms with Gasteiger partial charge in [0.05, 0.1) is 16.9 Å². The Morgan fingerprint density at radius 2 is 1.69 bits per heavy atom. The Bertz CT molecular complexity index is 749. The molecule has 2 N–H and O–H groups in total. The number of amides is 2. The summed E-state index contributed by atoms with van der Waals surface area (Å²) in [5.41, 5.74) is 6.47. The number of benzene rings is 1. The van der Waals surface area contributed by atoms with Crippen LogP contribution in [-0.2, 0) is 10.0 Å². The monoisotopic (exact) mass is 401 g/mol. The second kappa shape index (κ2) is 8.47. The number of imide groups is 1. The van der Waals surface area contributed by atoms with Crippen molar-refractivity contribution in [1.29, 1.82) is 0 Å². The van der Waals surface area contributed by atoms with Crippen molar-refractivity contribution < 1.29 is 18.0 Å². The van der Waals surface area contributed by atoms with Gasteiger partial charge in [0.2, 0.25) is 10.0 Å². The molecule has 0 bridgehead atoms. The third-order valence-electron chi connectivity index (χ3n) is 4.86. The molecule has 2 aliphatic rings. The van der Waals surface area contributed by atoms with Gasteiger partial charge in [-0.3, -0.25) is 14.5 Å². The number of nitrogens with two attached hydrogens (primary N) is 1. The minimum absolute atomic E-state index is 0. The van der Waals surface area contributed by atoms with Gasteiger partial charge in [0.15, 0.2) is 0 Å². The van der Waals surface area contributed by atoms with Crippen LogP contribution in [0.1, 0.15) is 46.4 Å². The van der Waals surface area contributed by atoms with Crippen molar-refractivity contribution in [2.75, 3.05) is 25.4 Å². The highest BCUT2D eigenvalue weighted by Crippen LogP contribution is 2.24. The van der Waals surface area contributed by atoms with Crippen LogP contribution in [0.5, 0.6) is 0 Å². The zero-order chi connectivity index (χ0) is 18.0. The molecule has 144 valence electrons. The highest BCUT2D eigenvalue weighted by atomic mass is 35.5. The molecule has 9 heteroatoms. The van der Waals surface area contributed by atoms with Crippen LogP contribution in [0.2, 0.25) is 0 Å². The first-order valence-corrected chi connectivity index (χ1v) is 10.2. The second-order valence-electron chi connectivity index (χ2n) is 6.47. The van der Waals surface area contributed by atoms with E-state index in [1.807, 2.05) is 0 Å². The van der Waals surface area contributed by atoms with Crippen molar-refractivity contribution in [2.24, 2.45) is 5.73 Å². The van der Waals surface area contributed by atoms with Crippen LogP contribution in [-0.4, -0.2) is 60.9 Å². The standard InChI is InChI=1S/C17H23N3O4S.ClH/c18-12-13-6-3-4-10-20(13)25(23,24)11-5-9-19-16(21)14-7-1-2-8-15(14)17(19)22;/h1-2,7-8,13H,3-6,9-12,18H2;1H. The minimum atomic E-state index is -3.43. The summed E-state index contributed by atoms with van der Waals surface area (Å²) < 4.78 is 26.7. The van der Waals surface area contributed by atoms with Crippen LogP contribution in [0.25, 0.3) is 0 Å². The predicted molar refractivity (Wildman–Crippen MR) is 101 cm³/mol. The predicted octanol–water partition coefficient (Wildman–Crippen LogP) is 1.24. The molecule has 1 aromatic carbocycles. The van der Waals surface area contributed by atoms with E-state index >= 15 is 0 Å². The van der Waals surface area contributed by atoms with Crippen LogP contribution in [0.3, 0.4) is 0 Å². The van der Waals surface area contributed by atoms with Crippen LogP contribution < -0.4 is 5.73 Å². The lowest BCUT2D eigenvalue weighted by molar-refractivity contribution is 0.0654. The zero-order valence-electron chi connectivity index (χ0n) is 14.5. The topological polar surface area (TPSA) is 101 Å². The summed E-state index contributed by atoms with van der Waals surface area (Å²) in [6.45, 7) is 0.918. The number of fused-ring (bicyclic) bond motifs is 1. The van der Waals surface area contributed by atoms with E-state index < -0.39 is 10.0 Å². The molecule has 0 radical (unpaired) electrons. The highest BCUT2D eigenvalue weighted by Gasteiger charge is 2.36. The van der Waals surface area contributed by atoms with Crippen molar-refractivity contribution >= 4 is 34.2 Å². The number of carbonyl (C=O) groups is 2. The van der Waals surface area contributed by atoms with Crippen LogP contribution in [0.15, 0.2) is 24.3 Å². The van der Waals surface area contributed by atoms with Crippen LogP contribution in [0, 0.1) is 0 Å². The van der Waals surface area contributed by atoms with Gasteiger partial charge in [-0.2, -0.15) is 4.31 Å². The molecule has 0 spiro atoms. The second-order valence-corrected chi connectivity index (χ2v) is 8.51. The quantitative estimate of drug-likeness (QED) is 0.722. The number of piperidine rings is 1. The lowest BCUT2D eigenvalue weighted by Crippen LogP contribution is -2.48. The largest absolute Gasteiger partial charge is 0.329 e. The molecule has 7 nitrogen and oxygen atoms in total. The molecule has 3 rings (SSSR count). The van der Waals surface area contributed by atoms with E-state index in [0.717, 1.165) is 24.2 Å². The first-order valence-electron chi connectivity index (χ1n) is 8.60. The van der Waals surface area contributed by atoms with Gasteiger partial charge < -0.3 is 5.73 Å². The molecule has 26 heavy (non-hydrogen) atoms. The summed E-state index contributed by atoms with van der Waals surface area (Å²) >= 11 is 0. The highest BCUT2D eigenvalue weighted by molar-refractivity contribution is 7.89. The molecule has 1 atom stereocenters. The van der Waals surface area contributed by atoms with Gasteiger partial charge in [0.1, 0.15) is 0 Å². The average Bonchev–Trinajstić information content (AvgIpc) is 2.87. The molecular formula is C17H24ClN3O4S. The molecule has 1 saturated heterocycles. The summed E-state index contributed by atoms with van der Waals surface area (Å²) in [5.74, 6) is -0.789. The third kappa shape index (κ3) is 3.93. The van der Waals surface area contributed by atoms with Gasteiger partial charge in [0.25, 0.3) is 11.8 Å². The van der Waals surface area contributed by atoms with Crippen molar-refractivity contribution in [2.45, 2.75) is 31.7 Å². The molecule has 2 heterocycles. The summed E-state index contributed by atoms with van der Waals surface area (Å²) in [5, 5.41) is 0. The minimum Gasteiger partial charge on any atom is -0.329 e. The lowest BCUT2D eigenvalue weighted by atomic mass is 10.1. The molecule has 0 aromatic heterocycles. The molecule has 2 aliphatic heterocycles. The van der Waals surface area contributed by atoms with Gasteiger partial charge in [-0.05, 0) is 31.4 Å². The number of sulfonamides is 1. The van der Waals surface area contributed by atoms with E-state index in [9.17, 15) is 18.0 Å². The maximum atomic E-state index is 12.6. The Hall–Kier alpha value is -1.48. The molecule has 0 aliphatic carbocycles. The van der Waals surface area contributed by atoms with E-state index in [2.05, 4.69) is 0 Å². The number of hydrogen-bond donors (Lipinski definition) is 1. The van der Waals surface area contributed by atoms with Crippen LogP contribution in [0.4, 0.5) is 0 Å². The zero-order valence-corrected chi connectivity index (χ0v) is 16.1. The van der Waals surface area contributed by atoms with E-state index in [4.69, 9.17) is 5.73 Å². The molecule has 1 fully saturated rings. The van der Waals surface area contributed by atoms with Crippen molar-refractivity contribution in [3.05, 3.63) is 35.4 Å². The fourth-order valence-corrected chi connectivity index (χ4v) is 5.32. The Kier molecular flexibility index (Phi) is 6.79. The van der Waals surface area contributed by atoms with Gasteiger partial charge in [-0.15, -0.1) is 12.4 Å². The van der Waals surface area contributed by atoms with Gasteiger partial charge in [-0.1, -0.05) is 18.6 Å².